The van der Waals surface area contributed by atoms with Crippen molar-refractivity contribution in [3.05, 3.63) is 82.0 Å². The van der Waals surface area contributed by atoms with Crippen LogP contribution >= 0.6 is 11.3 Å². The van der Waals surface area contributed by atoms with E-state index in [9.17, 15) is 0 Å². The van der Waals surface area contributed by atoms with E-state index in [0.717, 1.165) is 23.5 Å². The maximum atomic E-state index is 4.75. The third-order valence-electron chi connectivity index (χ3n) is 3.83. The summed E-state index contributed by atoms with van der Waals surface area (Å²) in [5, 5.41) is 12.1. The van der Waals surface area contributed by atoms with Gasteiger partial charge in [-0.25, -0.2) is 0 Å². The van der Waals surface area contributed by atoms with Gasteiger partial charge in [0.2, 0.25) is 0 Å². The lowest BCUT2D eigenvalue weighted by molar-refractivity contribution is 0.871. The maximum absolute atomic E-state index is 4.75. The first-order chi connectivity index (χ1) is 11.8. The molecule has 0 spiro atoms. The molecule has 1 N–H and O–H groups in total. The summed E-state index contributed by atoms with van der Waals surface area (Å²) in [4.78, 5) is 1.29. The van der Waals surface area contributed by atoms with E-state index in [1.807, 2.05) is 36.5 Å². The molecular weight excluding hydrogens is 314 g/mol. The first-order valence-corrected chi connectivity index (χ1v) is 8.81. The second kappa shape index (κ2) is 7.79. The Bertz CT molecular complexity index is 795. The number of hydrazone groups is 1. The van der Waals surface area contributed by atoms with E-state index in [4.69, 9.17) is 5.10 Å². The summed E-state index contributed by atoms with van der Waals surface area (Å²) in [5.41, 5.74) is 4.53. The molecule has 0 bridgehead atoms. The van der Waals surface area contributed by atoms with Gasteiger partial charge in [-0.1, -0.05) is 30.3 Å². The predicted octanol–water partition coefficient (Wildman–Crippen LogP) is 5.14. The molecule has 122 valence electrons. The predicted molar refractivity (Wildman–Crippen MR) is 105 cm³/mol. The molecule has 1 aromatic heterocycles. The van der Waals surface area contributed by atoms with Crippen molar-refractivity contribution in [2.45, 2.75) is 13.5 Å². The van der Waals surface area contributed by atoms with E-state index in [0.29, 0.717) is 0 Å². The number of hydrogen-bond donors (Lipinski definition) is 1. The molecule has 0 fully saturated rings. The fraction of sp³-hybridized carbons (Fsp3) is 0.150. The molecule has 2 aromatic carbocycles. The van der Waals surface area contributed by atoms with Crippen LogP contribution in [0.5, 0.6) is 0 Å². The van der Waals surface area contributed by atoms with E-state index in [2.05, 4.69) is 60.1 Å². The minimum absolute atomic E-state index is 0.770. The van der Waals surface area contributed by atoms with Gasteiger partial charge < -0.3 is 5.32 Å². The Hall–Kier alpha value is -2.59. The maximum Gasteiger partial charge on any atom is 0.0759 e. The first-order valence-electron chi connectivity index (χ1n) is 7.93. The average molecular weight is 335 g/mol. The van der Waals surface area contributed by atoms with Crippen LogP contribution in [-0.2, 0) is 6.54 Å². The van der Waals surface area contributed by atoms with Crippen LogP contribution in [0.3, 0.4) is 0 Å². The molecule has 3 rings (SSSR count). The number of rotatable bonds is 6. The molecule has 24 heavy (non-hydrogen) atoms. The second-order valence-electron chi connectivity index (χ2n) is 5.54. The van der Waals surface area contributed by atoms with E-state index in [1.165, 1.54) is 10.4 Å². The summed E-state index contributed by atoms with van der Waals surface area (Å²) >= 11 is 1.75. The SMILES string of the molecule is CNc1ccc(C=NN(Cc2cccs2)c2ccccc2)c(C)c1. The van der Waals surface area contributed by atoms with Crippen LogP contribution in [0, 0.1) is 6.92 Å². The Labute approximate surface area is 147 Å². The Kier molecular flexibility index (Phi) is 5.29. The molecular formula is C20H21N3S. The van der Waals surface area contributed by atoms with Gasteiger partial charge in [0.1, 0.15) is 0 Å². The van der Waals surface area contributed by atoms with Crippen LogP contribution in [0.1, 0.15) is 16.0 Å². The van der Waals surface area contributed by atoms with E-state index < -0.39 is 0 Å². The number of hydrogen-bond acceptors (Lipinski definition) is 4. The van der Waals surface area contributed by atoms with Crippen molar-refractivity contribution >= 4 is 28.9 Å². The quantitative estimate of drug-likeness (QED) is 0.499. The van der Waals surface area contributed by atoms with Crippen molar-refractivity contribution in [1.82, 2.24) is 0 Å². The average Bonchev–Trinajstić information content (AvgIpc) is 3.13. The number of nitrogens with zero attached hydrogens (tertiary/aromatic N) is 2. The second-order valence-corrected chi connectivity index (χ2v) is 6.57. The van der Waals surface area contributed by atoms with Gasteiger partial charge in [-0.05, 0) is 53.8 Å². The third kappa shape index (κ3) is 4.03. The zero-order valence-electron chi connectivity index (χ0n) is 13.9. The molecule has 0 aliphatic heterocycles. The van der Waals surface area contributed by atoms with E-state index in [-0.39, 0.29) is 0 Å². The molecule has 3 aromatic rings. The van der Waals surface area contributed by atoms with Crippen molar-refractivity contribution in [2.75, 3.05) is 17.4 Å². The van der Waals surface area contributed by atoms with Crippen LogP contribution < -0.4 is 10.3 Å². The fourth-order valence-electron chi connectivity index (χ4n) is 2.46. The molecule has 0 saturated carbocycles. The highest BCUT2D eigenvalue weighted by Gasteiger charge is 2.06. The van der Waals surface area contributed by atoms with Gasteiger partial charge in [-0.2, -0.15) is 5.10 Å². The lowest BCUT2D eigenvalue weighted by Gasteiger charge is -2.18. The van der Waals surface area contributed by atoms with Crippen LogP contribution in [0.25, 0.3) is 0 Å². The monoisotopic (exact) mass is 335 g/mol. The third-order valence-corrected chi connectivity index (χ3v) is 4.70. The number of nitrogens with one attached hydrogen (secondary N) is 1. The van der Waals surface area contributed by atoms with Gasteiger partial charge in [0, 0.05) is 17.6 Å². The normalized spacial score (nSPS) is 10.9. The van der Waals surface area contributed by atoms with Crippen LogP contribution in [-0.4, -0.2) is 13.3 Å². The van der Waals surface area contributed by atoms with Crippen molar-refractivity contribution in [3.63, 3.8) is 0 Å². The van der Waals surface area contributed by atoms with Crippen LogP contribution in [0.4, 0.5) is 11.4 Å². The zero-order valence-corrected chi connectivity index (χ0v) is 14.8. The lowest BCUT2D eigenvalue weighted by atomic mass is 10.1. The van der Waals surface area contributed by atoms with Crippen molar-refractivity contribution < 1.29 is 0 Å². The van der Waals surface area contributed by atoms with E-state index in [1.54, 1.807) is 11.3 Å². The fourth-order valence-corrected chi connectivity index (χ4v) is 3.14. The molecule has 0 aliphatic rings. The Morgan fingerprint density at radius 3 is 2.58 bits per heavy atom. The smallest absolute Gasteiger partial charge is 0.0759 e. The largest absolute Gasteiger partial charge is 0.388 e. The van der Waals surface area contributed by atoms with Gasteiger partial charge in [-0.15, -0.1) is 11.3 Å². The summed E-state index contributed by atoms with van der Waals surface area (Å²) < 4.78 is 0. The molecule has 0 amide bonds. The molecule has 0 atom stereocenters. The van der Waals surface area contributed by atoms with Crippen molar-refractivity contribution in [3.8, 4) is 0 Å². The van der Waals surface area contributed by atoms with Gasteiger partial charge in [0.25, 0.3) is 0 Å². The number of anilines is 2. The highest BCUT2D eigenvalue weighted by Crippen LogP contribution is 2.20. The summed E-state index contributed by atoms with van der Waals surface area (Å²) in [5.74, 6) is 0. The minimum Gasteiger partial charge on any atom is -0.388 e. The summed E-state index contributed by atoms with van der Waals surface area (Å²) in [7, 11) is 1.93. The zero-order chi connectivity index (χ0) is 16.8. The Morgan fingerprint density at radius 2 is 1.92 bits per heavy atom. The number of aryl methyl sites for hydroxylation is 1. The number of benzene rings is 2. The summed E-state index contributed by atoms with van der Waals surface area (Å²) in [6.45, 7) is 2.88. The van der Waals surface area contributed by atoms with E-state index >= 15 is 0 Å². The van der Waals surface area contributed by atoms with Gasteiger partial charge in [0.15, 0.2) is 0 Å². The first kappa shape index (κ1) is 16.3. The Balaban J connectivity index is 1.86. The number of thiophene rings is 1. The highest BCUT2D eigenvalue weighted by molar-refractivity contribution is 7.09. The highest BCUT2D eigenvalue weighted by atomic mass is 32.1. The molecule has 0 unspecified atom stereocenters. The minimum atomic E-state index is 0.770. The topological polar surface area (TPSA) is 27.6 Å². The van der Waals surface area contributed by atoms with Crippen LogP contribution in [0.15, 0.2) is 71.1 Å². The molecule has 3 nitrogen and oxygen atoms in total. The lowest BCUT2D eigenvalue weighted by Crippen LogP contribution is -2.15. The van der Waals surface area contributed by atoms with Crippen molar-refractivity contribution in [2.24, 2.45) is 5.10 Å². The van der Waals surface area contributed by atoms with Crippen molar-refractivity contribution in [1.29, 1.82) is 0 Å². The molecule has 0 aliphatic carbocycles. The molecule has 0 radical (unpaired) electrons. The molecule has 4 heteroatoms. The van der Waals surface area contributed by atoms with Gasteiger partial charge in [-0.3, -0.25) is 5.01 Å². The molecule has 1 heterocycles. The van der Waals surface area contributed by atoms with Crippen LogP contribution in [0.2, 0.25) is 0 Å². The standard InChI is InChI=1S/C20H21N3S/c1-16-13-18(21-2)11-10-17(16)14-22-23(15-20-9-6-12-24-20)19-7-4-3-5-8-19/h3-14,21H,15H2,1-2H3. The number of para-hydroxylation sites is 1. The Morgan fingerprint density at radius 1 is 1.08 bits per heavy atom. The molecule has 0 saturated heterocycles. The van der Waals surface area contributed by atoms with Gasteiger partial charge in [0.05, 0.1) is 18.4 Å². The summed E-state index contributed by atoms with van der Waals surface area (Å²) in [6, 6.07) is 20.8. The van der Waals surface area contributed by atoms with Gasteiger partial charge >= 0.3 is 0 Å². The summed E-state index contributed by atoms with van der Waals surface area (Å²) in [6.07, 6.45) is 1.94.